The van der Waals surface area contributed by atoms with E-state index in [1.807, 2.05) is 0 Å². The van der Waals surface area contributed by atoms with Crippen molar-refractivity contribution in [2.75, 3.05) is 38.6 Å². The predicted octanol–water partition coefficient (Wildman–Crippen LogP) is 1.40. The maximum Gasteiger partial charge on any atom is 0.271 e. The van der Waals surface area contributed by atoms with Crippen LogP contribution in [0.15, 0.2) is 23.9 Å². The van der Waals surface area contributed by atoms with Gasteiger partial charge in [-0.25, -0.2) is 8.42 Å². The number of amides is 2. The lowest BCUT2D eigenvalue weighted by Crippen LogP contribution is -2.51. The number of carbonyl (C=O) groups excluding carboxylic acids is 2. The molecule has 0 bridgehead atoms. The van der Waals surface area contributed by atoms with E-state index in [0.29, 0.717) is 30.6 Å². The topological polar surface area (TPSA) is 96.0 Å². The van der Waals surface area contributed by atoms with Gasteiger partial charge in [-0.1, -0.05) is 18.5 Å². The molecule has 0 spiro atoms. The zero-order chi connectivity index (χ0) is 21.2. The van der Waals surface area contributed by atoms with Crippen molar-refractivity contribution in [2.45, 2.75) is 25.8 Å². The minimum absolute atomic E-state index is 0.0111. The monoisotopic (exact) mass is 461 g/mol. The summed E-state index contributed by atoms with van der Waals surface area (Å²) < 4.78 is 33.3. The van der Waals surface area contributed by atoms with Gasteiger partial charge in [0.05, 0.1) is 23.3 Å². The Morgan fingerprint density at radius 1 is 1.31 bits per heavy atom. The smallest absolute Gasteiger partial charge is 0.271 e. The van der Waals surface area contributed by atoms with Crippen LogP contribution in [0.25, 0.3) is 0 Å². The number of hydrogen-bond acceptors (Lipinski definition) is 6. The van der Waals surface area contributed by atoms with Crippen molar-refractivity contribution in [3.63, 3.8) is 0 Å². The summed E-state index contributed by atoms with van der Waals surface area (Å²) in [6.07, 6.45) is 1.51. The molecule has 1 unspecified atom stereocenters. The summed E-state index contributed by atoms with van der Waals surface area (Å²) in [5.41, 5.74) is -0.0111. The van der Waals surface area contributed by atoms with Gasteiger partial charge >= 0.3 is 0 Å². The highest BCUT2D eigenvalue weighted by molar-refractivity contribution is 7.89. The first-order chi connectivity index (χ1) is 13.7. The summed E-state index contributed by atoms with van der Waals surface area (Å²) >= 11 is 7.25. The molecule has 2 amide bonds. The zero-order valence-electron chi connectivity index (χ0n) is 16.3. The highest BCUT2D eigenvalue weighted by Gasteiger charge is 2.35. The van der Waals surface area contributed by atoms with Crippen molar-refractivity contribution < 1.29 is 22.7 Å². The summed E-state index contributed by atoms with van der Waals surface area (Å²) in [5, 5.41) is 0. The van der Waals surface area contributed by atoms with Crippen LogP contribution in [-0.4, -0.2) is 74.7 Å². The minimum atomic E-state index is -3.74. The molecule has 2 atom stereocenters. The molecule has 0 saturated carbocycles. The van der Waals surface area contributed by atoms with Crippen molar-refractivity contribution in [3.8, 4) is 0 Å². The average Bonchev–Trinajstić information content (AvgIpc) is 3.27. The number of halogens is 1. The fourth-order valence-corrected chi connectivity index (χ4v) is 5.97. The van der Waals surface area contributed by atoms with Crippen LogP contribution < -0.4 is 4.72 Å². The summed E-state index contributed by atoms with van der Waals surface area (Å²) in [5.74, 6) is -1.09. The second-order valence-electron chi connectivity index (χ2n) is 7.12. The molecule has 1 saturated heterocycles. The number of ether oxygens (including phenoxy) is 1. The van der Waals surface area contributed by atoms with Crippen molar-refractivity contribution in [1.82, 2.24) is 14.5 Å². The first-order valence-electron chi connectivity index (χ1n) is 9.31. The Bertz CT molecular complexity index is 908. The highest BCUT2D eigenvalue weighted by Crippen LogP contribution is 2.29. The lowest BCUT2D eigenvalue weighted by atomic mass is 10.2. The Morgan fingerprint density at radius 3 is 2.62 bits per heavy atom. The third-order valence-electron chi connectivity index (χ3n) is 4.95. The van der Waals surface area contributed by atoms with Gasteiger partial charge in [-0.05, 0) is 25.1 Å². The Labute approximate surface area is 179 Å². The number of hydrogen-bond donors (Lipinski definition) is 1. The molecule has 3 rings (SSSR count). The summed E-state index contributed by atoms with van der Waals surface area (Å²) in [6.45, 7) is 5.56. The molecule has 1 aromatic heterocycles. The van der Waals surface area contributed by atoms with E-state index in [1.165, 1.54) is 22.3 Å². The fraction of sp³-hybridized carbons (Fsp3) is 0.556. The summed E-state index contributed by atoms with van der Waals surface area (Å²) in [4.78, 5) is 29.2. The molecule has 0 radical (unpaired) electrons. The van der Waals surface area contributed by atoms with Gasteiger partial charge in [-0.3, -0.25) is 14.3 Å². The van der Waals surface area contributed by atoms with E-state index < -0.39 is 22.0 Å². The molecule has 2 aliphatic heterocycles. The Hall–Kier alpha value is -1.62. The van der Waals surface area contributed by atoms with Gasteiger partial charge in [-0.2, -0.15) is 0 Å². The van der Waals surface area contributed by atoms with Crippen LogP contribution in [-0.2, 0) is 24.3 Å². The van der Waals surface area contributed by atoms with Gasteiger partial charge in [0.1, 0.15) is 11.7 Å². The molecule has 29 heavy (non-hydrogen) atoms. The fourth-order valence-electron chi connectivity index (χ4n) is 3.33. The highest BCUT2D eigenvalue weighted by atomic mass is 35.5. The van der Waals surface area contributed by atoms with Crippen LogP contribution in [0.1, 0.15) is 24.6 Å². The normalized spacial score (nSPS) is 19.8. The molecule has 1 N–H and O–H groups in total. The van der Waals surface area contributed by atoms with E-state index in [9.17, 15) is 18.0 Å². The maximum absolute atomic E-state index is 12.7. The molecular weight excluding hydrogens is 438 g/mol. The van der Waals surface area contributed by atoms with Crippen molar-refractivity contribution in [1.29, 1.82) is 0 Å². The number of nitrogens with zero attached hydrogens (tertiary/aromatic N) is 2. The van der Waals surface area contributed by atoms with Crippen molar-refractivity contribution in [3.05, 3.63) is 33.1 Å². The number of sulfonamides is 1. The lowest BCUT2D eigenvalue weighted by molar-refractivity contribution is -0.145. The SMILES string of the molecule is CC(CS(=O)(=O)NC1=CCN([C@@H](C)C(=O)N2CCOCC2)C1=O)c1ccc(Cl)s1. The molecule has 1 fully saturated rings. The van der Waals surface area contributed by atoms with E-state index in [2.05, 4.69) is 4.72 Å². The van der Waals surface area contributed by atoms with Gasteiger partial charge in [0.2, 0.25) is 15.9 Å². The average molecular weight is 462 g/mol. The lowest BCUT2D eigenvalue weighted by Gasteiger charge is -2.32. The van der Waals surface area contributed by atoms with E-state index in [-0.39, 0.29) is 29.8 Å². The third-order valence-corrected chi connectivity index (χ3v) is 7.88. The number of thiophene rings is 1. The maximum atomic E-state index is 12.7. The van der Waals surface area contributed by atoms with E-state index in [1.54, 1.807) is 30.9 Å². The molecule has 8 nitrogen and oxygen atoms in total. The number of nitrogens with one attached hydrogen (secondary N) is 1. The second kappa shape index (κ2) is 9.03. The molecule has 0 aromatic carbocycles. The first-order valence-corrected chi connectivity index (χ1v) is 12.2. The molecular formula is C18H24ClN3O5S2. The number of morpholine rings is 1. The quantitative estimate of drug-likeness (QED) is 0.662. The van der Waals surface area contributed by atoms with Gasteiger partial charge in [0, 0.05) is 30.4 Å². The van der Waals surface area contributed by atoms with Gasteiger partial charge in [0.15, 0.2) is 0 Å². The Balaban J connectivity index is 1.59. The standard InChI is InChI=1S/C18H24ClN3O5S2/c1-12(15-3-4-16(19)28-15)11-29(25,26)20-14-5-6-22(18(14)24)13(2)17(23)21-7-9-27-10-8-21/h3-5,12-13,20H,6-11H2,1-2H3/t12?,13-/m0/s1. The van der Waals surface area contributed by atoms with Gasteiger partial charge < -0.3 is 14.5 Å². The van der Waals surface area contributed by atoms with Crippen LogP contribution in [0.2, 0.25) is 4.34 Å². The molecule has 0 aliphatic carbocycles. The van der Waals surface area contributed by atoms with E-state index >= 15 is 0 Å². The third kappa shape index (κ3) is 5.30. The summed E-state index contributed by atoms with van der Waals surface area (Å²) in [7, 11) is -3.74. The summed E-state index contributed by atoms with van der Waals surface area (Å²) in [6, 6.07) is 2.85. The van der Waals surface area contributed by atoms with Crippen LogP contribution in [0, 0.1) is 0 Å². The van der Waals surface area contributed by atoms with E-state index in [0.717, 1.165) is 4.88 Å². The van der Waals surface area contributed by atoms with Crippen LogP contribution >= 0.6 is 22.9 Å². The Kier molecular flexibility index (Phi) is 6.87. The van der Waals surface area contributed by atoms with Crippen LogP contribution in [0.4, 0.5) is 0 Å². The van der Waals surface area contributed by atoms with Crippen molar-refractivity contribution >= 4 is 44.8 Å². The Morgan fingerprint density at radius 2 is 2.00 bits per heavy atom. The molecule has 3 heterocycles. The minimum Gasteiger partial charge on any atom is -0.378 e. The van der Waals surface area contributed by atoms with Crippen LogP contribution in [0.5, 0.6) is 0 Å². The van der Waals surface area contributed by atoms with Crippen LogP contribution in [0.3, 0.4) is 0 Å². The molecule has 2 aliphatic rings. The molecule has 11 heteroatoms. The zero-order valence-corrected chi connectivity index (χ0v) is 18.6. The largest absolute Gasteiger partial charge is 0.378 e. The molecule has 160 valence electrons. The number of rotatable bonds is 7. The number of carbonyl (C=O) groups is 2. The van der Waals surface area contributed by atoms with E-state index in [4.69, 9.17) is 16.3 Å². The molecule has 1 aromatic rings. The van der Waals surface area contributed by atoms with Gasteiger partial charge in [-0.15, -0.1) is 11.3 Å². The predicted molar refractivity (Wildman–Crippen MR) is 111 cm³/mol. The van der Waals surface area contributed by atoms with Crippen molar-refractivity contribution in [2.24, 2.45) is 0 Å². The second-order valence-corrected chi connectivity index (χ2v) is 10.6. The first kappa shape index (κ1) is 22.1. The van der Waals surface area contributed by atoms with Gasteiger partial charge in [0.25, 0.3) is 5.91 Å².